The number of benzene rings is 1. The molecule has 1 atom stereocenters. The first-order valence-electron chi connectivity index (χ1n) is 12.3. The van der Waals surface area contributed by atoms with Gasteiger partial charge in [-0.25, -0.2) is 0 Å². The average molecular weight is 435 g/mol. The van der Waals surface area contributed by atoms with Gasteiger partial charge < -0.3 is 10.6 Å². The SMILES string of the molecule is CCCC(NC(=O)CC1C2CC3CC(C2)CC1C3)C(=O)Nc1cc(-c2ccccc2)[nH]n1. The number of nitrogens with one attached hydrogen (secondary N) is 3. The van der Waals surface area contributed by atoms with Crippen LogP contribution in [-0.4, -0.2) is 28.1 Å². The summed E-state index contributed by atoms with van der Waals surface area (Å²) in [6.07, 6.45) is 8.69. The monoisotopic (exact) mass is 434 g/mol. The molecule has 1 aromatic carbocycles. The predicted octanol–water partition coefficient (Wildman–Crippen LogP) is 4.76. The van der Waals surface area contributed by atoms with Crippen LogP contribution in [0, 0.1) is 29.6 Å². The summed E-state index contributed by atoms with van der Waals surface area (Å²) in [4.78, 5) is 25.9. The fourth-order valence-electron chi connectivity index (χ4n) is 6.76. The molecule has 3 N–H and O–H groups in total. The third-order valence-corrected chi connectivity index (χ3v) is 7.99. The Morgan fingerprint density at radius 3 is 2.41 bits per heavy atom. The molecule has 0 spiro atoms. The van der Waals surface area contributed by atoms with E-state index in [9.17, 15) is 9.59 Å². The maximum atomic E-state index is 13.0. The molecule has 1 heterocycles. The van der Waals surface area contributed by atoms with E-state index in [1.807, 2.05) is 43.3 Å². The molecule has 4 aliphatic rings. The molecule has 4 saturated carbocycles. The highest BCUT2D eigenvalue weighted by atomic mass is 16.2. The van der Waals surface area contributed by atoms with Crippen molar-refractivity contribution in [2.45, 2.75) is 64.3 Å². The lowest BCUT2D eigenvalue weighted by molar-refractivity contribution is -0.130. The molecule has 4 fully saturated rings. The maximum Gasteiger partial charge on any atom is 0.248 e. The predicted molar refractivity (Wildman–Crippen MR) is 125 cm³/mol. The molecule has 6 rings (SSSR count). The highest BCUT2D eigenvalue weighted by Gasteiger charge is 2.48. The second-order valence-corrected chi connectivity index (χ2v) is 10.2. The largest absolute Gasteiger partial charge is 0.344 e. The second-order valence-electron chi connectivity index (χ2n) is 10.2. The molecule has 0 saturated heterocycles. The normalized spacial score (nSPS) is 29.0. The fourth-order valence-corrected chi connectivity index (χ4v) is 6.76. The standard InChI is InChI=1S/C26H34N4O2/c1-2-6-22(26(32)28-24-15-23(29-30-24)18-7-4-3-5-8-18)27-25(31)14-21-19-10-16-9-17(12-19)13-20(21)11-16/h3-5,7-8,15-17,19-22H,2,6,9-14H2,1H3,(H,27,31)(H2,28,29,30,32). The molecule has 32 heavy (non-hydrogen) atoms. The van der Waals surface area contributed by atoms with E-state index < -0.39 is 6.04 Å². The van der Waals surface area contributed by atoms with E-state index in [0.29, 0.717) is 24.6 Å². The number of hydrogen-bond acceptors (Lipinski definition) is 3. The lowest BCUT2D eigenvalue weighted by Gasteiger charge is -2.54. The van der Waals surface area contributed by atoms with Gasteiger partial charge in [-0.05, 0) is 73.7 Å². The Bertz CT molecular complexity index is 926. The molecule has 1 aromatic heterocycles. The number of aromatic nitrogens is 2. The van der Waals surface area contributed by atoms with Gasteiger partial charge in [0.2, 0.25) is 11.8 Å². The first-order chi connectivity index (χ1) is 15.6. The third-order valence-electron chi connectivity index (χ3n) is 7.99. The van der Waals surface area contributed by atoms with Crippen molar-refractivity contribution in [3.05, 3.63) is 36.4 Å². The summed E-state index contributed by atoms with van der Waals surface area (Å²) in [5.41, 5.74) is 1.86. The first kappa shape index (κ1) is 21.2. The van der Waals surface area contributed by atoms with Crippen LogP contribution in [0.4, 0.5) is 5.82 Å². The van der Waals surface area contributed by atoms with Crippen molar-refractivity contribution in [3.63, 3.8) is 0 Å². The van der Waals surface area contributed by atoms with Gasteiger partial charge in [0, 0.05) is 12.5 Å². The smallest absolute Gasteiger partial charge is 0.248 e. The van der Waals surface area contributed by atoms with E-state index in [0.717, 1.165) is 41.3 Å². The highest BCUT2D eigenvalue weighted by molar-refractivity contribution is 5.96. The van der Waals surface area contributed by atoms with Gasteiger partial charge in [0.15, 0.2) is 5.82 Å². The topological polar surface area (TPSA) is 86.9 Å². The second kappa shape index (κ2) is 9.08. The average Bonchev–Trinajstić information content (AvgIpc) is 3.24. The molecular weight excluding hydrogens is 400 g/mol. The van der Waals surface area contributed by atoms with Crippen LogP contribution in [-0.2, 0) is 9.59 Å². The van der Waals surface area contributed by atoms with Gasteiger partial charge in [-0.3, -0.25) is 14.7 Å². The number of hydrogen-bond donors (Lipinski definition) is 3. The van der Waals surface area contributed by atoms with E-state index in [-0.39, 0.29) is 11.8 Å². The fraction of sp³-hybridized carbons (Fsp3) is 0.577. The van der Waals surface area contributed by atoms with Crippen LogP contribution in [0.2, 0.25) is 0 Å². The Hall–Kier alpha value is -2.63. The lowest BCUT2D eigenvalue weighted by Crippen LogP contribution is -2.48. The molecule has 2 aromatic rings. The Morgan fingerprint density at radius 2 is 1.75 bits per heavy atom. The molecule has 0 radical (unpaired) electrons. The van der Waals surface area contributed by atoms with Crippen molar-refractivity contribution in [3.8, 4) is 11.3 Å². The molecule has 0 aliphatic heterocycles. The Balaban J connectivity index is 1.18. The lowest BCUT2D eigenvalue weighted by atomic mass is 9.51. The van der Waals surface area contributed by atoms with Crippen molar-refractivity contribution in [1.29, 1.82) is 0 Å². The summed E-state index contributed by atoms with van der Waals surface area (Å²) in [6.45, 7) is 2.03. The van der Waals surface area contributed by atoms with Gasteiger partial charge in [0.1, 0.15) is 6.04 Å². The summed E-state index contributed by atoms with van der Waals surface area (Å²) >= 11 is 0. The summed E-state index contributed by atoms with van der Waals surface area (Å²) in [6, 6.07) is 11.2. The van der Waals surface area contributed by atoms with Crippen molar-refractivity contribution in [1.82, 2.24) is 15.5 Å². The van der Waals surface area contributed by atoms with Gasteiger partial charge in [-0.1, -0.05) is 43.7 Å². The van der Waals surface area contributed by atoms with Gasteiger partial charge in [0.05, 0.1) is 5.69 Å². The Morgan fingerprint density at radius 1 is 1.06 bits per heavy atom. The summed E-state index contributed by atoms with van der Waals surface area (Å²) in [7, 11) is 0. The van der Waals surface area contributed by atoms with Crippen molar-refractivity contribution >= 4 is 17.6 Å². The number of nitrogens with zero attached hydrogens (tertiary/aromatic N) is 1. The minimum Gasteiger partial charge on any atom is -0.344 e. The van der Waals surface area contributed by atoms with Crippen molar-refractivity contribution < 1.29 is 9.59 Å². The van der Waals surface area contributed by atoms with Gasteiger partial charge in [-0.2, -0.15) is 5.10 Å². The summed E-state index contributed by atoms with van der Waals surface area (Å²) < 4.78 is 0. The quantitative estimate of drug-likeness (QED) is 0.560. The van der Waals surface area contributed by atoms with Gasteiger partial charge in [0.25, 0.3) is 0 Å². The zero-order chi connectivity index (χ0) is 22.1. The van der Waals surface area contributed by atoms with Gasteiger partial charge >= 0.3 is 0 Å². The van der Waals surface area contributed by atoms with Crippen molar-refractivity contribution in [2.24, 2.45) is 29.6 Å². The number of aromatic amines is 1. The minimum atomic E-state index is -0.527. The van der Waals surface area contributed by atoms with Crippen LogP contribution in [0.25, 0.3) is 11.3 Å². The number of rotatable bonds is 8. The van der Waals surface area contributed by atoms with E-state index in [4.69, 9.17) is 0 Å². The molecule has 6 nitrogen and oxygen atoms in total. The molecule has 1 unspecified atom stereocenters. The number of H-pyrrole nitrogens is 1. The van der Waals surface area contributed by atoms with Gasteiger partial charge in [-0.15, -0.1) is 0 Å². The Kier molecular flexibility index (Phi) is 6.03. The molecular formula is C26H34N4O2. The van der Waals surface area contributed by atoms with Crippen molar-refractivity contribution in [2.75, 3.05) is 5.32 Å². The van der Waals surface area contributed by atoms with E-state index in [2.05, 4.69) is 20.8 Å². The maximum absolute atomic E-state index is 13.0. The van der Waals surface area contributed by atoms with Crippen LogP contribution < -0.4 is 10.6 Å². The molecule has 4 aliphatic carbocycles. The first-order valence-corrected chi connectivity index (χ1v) is 12.3. The van der Waals surface area contributed by atoms with Crippen LogP contribution in [0.5, 0.6) is 0 Å². The number of amides is 2. The summed E-state index contributed by atoms with van der Waals surface area (Å²) in [5.74, 6) is 4.07. The Labute approximate surface area is 189 Å². The molecule has 6 heteroatoms. The van der Waals surface area contributed by atoms with Crippen LogP contribution in [0.15, 0.2) is 36.4 Å². The number of carbonyl (C=O) groups is 2. The number of carbonyl (C=O) groups excluding carboxylic acids is 2. The number of anilines is 1. The van der Waals surface area contributed by atoms with Crippen LogP contribution in [0.3, 0.4) is 0 Å². The van der Waals surface area contributed by atoms with E-state index in [1.165, 1.54) is 32.1 Å². The summed E-state index contributed by atoms with van der Waals surface area (Å²) in [5, 5.41) is 13.1. The van der Waals surface area contributed by atoms with E-state index in [1.54, 1.807) is 0 Å². The minimum absolute atomic E-state index is 0.0306. The van der Waals surface area contributed by atoms with Crippen LogP contribution in [0.1, 0.15) is 58.3 Å². The zero-order valence-electron chi connectivity index (χ0n) is 18.8. The molecule has 2 amide bonds. The molecule has 4 bridgehead atoms. The molecule has 170 valence electrons. The third kappa shape index (κ3) is 4.45. The van der Waals surface area contributed by atoms with Crippen LogP contribution >= 0.6 is 0 Å². The zero-order valence-corrected chi connectivity index (χ0v) is 18.8. The van der Waals surface area contributed by atoms with E-state index >= 15 is 0 Å². The highest BCUT2D eigenvalue weighted by Crippen LogP contribution is 2.57.